The molecule has 6 unspecified atom stereocenters. The van der Waals surface area contributed by atoms with Crippen molar-refractivity contribution in [1.29, 1.82) is 0 Å². The molecule has 18 heteroatoms. The molecule has 306 valence electrons. The van der Waals surface area contributed by atoms with Gasteiger partial charge in [-0.05, 0) is 91.1 Å². The second kappa shape index (κ2) is 14.2. The van der Waals surface area contributed by atoms with E-state index in [2.05, 4.69) is 5.43 Å². The highest BCUT2D eigenvalue weighted by Gasteiger charge is 2.71. The minimum Gasteiger partial charge on any atom is -0.508 e. The Balaban J connectivity index is 1.32. The van der Waals surface area contributed by atoms with Crippen LogP contribution in [-0.2, 0) is 36.9 Å². The molecule has 0 radical (unpaired) electrons. The van der Waals surface area contributed by atoms with Gasteiger partial charge in [-0.2, -0.15) is 31.4 Å². The number of nitrogens with zero attached hydrogens (tertiary/aromatic N) is 2. The predicted octanol–water partition coefficient (Wildman–Crippen LogP) is 9.59. The Morgan fingerprint density at radius 1 is 0.780 bits per heavy atom. The van der Waals surface area contributed by atoms with Crippen molar-refractivity contribution in [3.63, 3.8) is 0 Å². The van der Waals surface area contributed by atoms with Gasteiger partial charge in [-0.1, -0.05) is 58.6 Å². The van der Waals surface area contributed by atoms with Crippen LogP contribution in [0.3, 0.4) is 0 Å². The Morgan fingerprint density at radius 3 is 2.02 bits per heavy atom. The highest BCUT2D eigenvalue weighted by molar-refractivity contribution is 6.36. The molecule has 4 amide bonds. The van der Waals surface area contributed by atoms with E-state index >= 15 is 4.79 Å². The van der Waals surface area contributed by atoms with Crippen molar-refractivity contribution in [2.45, 2.75) is 36.5 Å². The van der Waals surface area contributed by atoms with Crippen LogP contribution in [0.5, 0.6) is 11.5 Å². The minimum atomic E-state index is -5.27. The van der Waals surface area contributed by atoms with E-state index in [4.69, 9.17) is 39.5 Å². The van der Waals surface area contributed by atoms with Crippen LogP contribution in [0.4, 0.5) is 37.7 Å². The number of fused-ring (bicyclic) bond motifs is 4. The van der Waals surface area contributed by atoms with Crippen molar-refractivity contribution in [2.24, 2.45) is 23.7 Å². The molecule has 59 heavy (non-hydrogen) atoms. The number of hydrazine groups is 1. The van der Waals surface area contributed by atoms with Gasteiger partial charge in [0.15, 0.2) is 0 Å². The average molecular weight is 879 g/mol. The van der Waals surface area contributed by atoms with Gasteiger partial charge in [-0.25, -0.2) is 4.90 Å². The van der Waals surface area contributed by atoms with Crippen LogP contribution in [0.25, 0.3) is 0 Å². The van der Waals surface area contributed by atoms with Gasteiger partial charge >= 0.3 is 12.4 Å². The van der Waals surface area contributed by atoms with E-state index in [0.717, 1.165) is 5.01 Å². The Morgan fingerprint density at radius 2 is 1.41 bits per heavy atom. The molecule has 2 heterocycles. The first kappa shape index (κ1) is 40.5. The molecule has 1 saturated carbocycles. The van der Waals surface area contributed by atoms with E-state index in [1.165, 1.54) is 43.5 Å². The average Bonchev–Trinajstić information content (AvgIpc) is 3.56. The fourth-order valence-electron chi connectivity index (χ4n) is 9.27. The fourth-order valence-corrected chi connectivity index (χ4v) is 9.90. The van der Waals surface area contributed by atoms with Gasteiger partial charge in [-0.3, -0.25) is 24.6 Å². The summed E-state index contributed by atoms with van der Waals surface area (Å²) in [4.78, 5) is 59.2. The number of allylic oxidation sites excluding steroid dienone is 2. The van der Waals surface area contributed by atoms with Gasteiger partial charge < -0.3 is 9.84 Å². The van der Waals surface area contributed by atoms with Gasteiger partial charge in [0, 0.05) is 21.5 Å². The number of imide groups is 2. The summed E-state index contributed by atoms with van der Waals surface area (Å²) in [7, 11) is 1.43. The lowest BCUT2D eigenvalue weighted by Gasteiger charge is -2.50. The third-order valence-corrected chi connectivity index (χ3v) is 12.5. The molecule has 3 fully saturated rings. The molecule has 9 nitrogen and oxygen atoms in total. The maximum absolute atomic E-state index is 15.4. The van der Waals surface area contributed by atoms with Crippen LogP contribution >= 0.6 is 34.8 Å². The summed E-state index contributed by atoms with van der Waals surface area (Å²) in [6.45, 7) is 0. The number of methoxy groups -OCH3 is 1. The highest BCUT2D eigenvalue weighted by Crippen LogP contribution is 2.65. The van der Waals surface area contributed by atoms with Crippen LogP contribution in [0, 0.1) is 23.7 Å². The largest absolute Gasteiger partial charge is 0.508 e. The zero-order valence-corrected chi connectivity index (χ0v) is 32.4. The molecule has 8 rings (SSSR count). The van der Waals surface area contributed by atoms with Gasteiger partial charge in [-0.15, -0.1) is 0 Å². The smallest absolute Gasteiger partial charge is 0.416 e. The van der Waals surface area contributed by atoms with Crippen molar-refractivity contribution in [2.75, 3.05) is 17.4 Å². The number of phenols is 1. The molecule has 6 atom stereocenters. The molecule has 2 N–H and O–H groups in total. The molecular formula is C41H28Cl3F6N3O6. The number of hydrogen-bond acceptors (Lipinski definition) is 7. The molecule has 2 saturated heterocycles. The van der Waals surface area contributed by atoms with Crippen LogP contribution in [0.15, 0.2) is 90.5 Å². The lowest BCUT2D eigenvalue weighted by molar-refractivity contribution is -0.143. The summed E-state index contributed by atoms with van der Waals surface area (Å²) < 4.78 is 89.0. The number of carbonyl (C=O) groups is 4. The molecule has 4 aliphatic rings. The minimum absolute atomic E-state index is 0.0492. The zero-order valence-electron chi connectivity index (χ0n) is 30.2. The summed E-state index contributed by atoms with van der Waals surface area (Å²) in [5.41, 5.74) is -2.66. The van der Waals surface area contributed by atoms with E-state index in [-0.39, 0.29) is 56.5 Å². The maximum Gasteiger partial charge on any atom is 0.416 e. The highest BCUT2D eigenvalue weighted by atomic mass is 35.5. The predicted molar refractivity (Wildman–Crippen MR) is 203 cm³/mol. The summed E-state index contributed by atoms with van der Waals surface area (Å²) in [5.74, 6) is -10.1. The zero-order chi connectivity index (χ0) is 42.5. The summed E-state index contributed by atoms with van der Waals surface area (Å²) in [5, 5.41) is 12.8. The molecule has 0 bridgehead atoms. The number of hydrogen-bond donors (Lipinski definition) is 2. The third kappa shape index (κ3) is 6.40. The number of carbonyl (C=O) groups excluding carboxylic acids is 4. The first-order chi connectivity index (χ1) is 27.8. The molecular weight excluding hydrogens is 851 g/mol. The molecule has 4 aromatic rings. The number of ether oxygens (including phenoxy) is 1. The topological polar surface area (TPSA) is 116 Å². The number of rotatable bonds is 6. The standard InChI is InChI=1S/C41H28Cl3F6N3O6/c1-59-24-6-2-18(3-7-24)39-29(36(56)53(38(39)58)51-31-10-4-22(43)16-30(31)44)17-27-25(34(39)28-15-21(42)5-11-32(28)54)8-9-26-33(27)37(57)52(35(26)55)23-13-19(40(45,46)47)12-20(14-23)41(48,49)50/h2-8,10-16,26-27,29,33-34,51,54H,9,17H2,1H3. The first-order valence-electron chi connectivity index (χ1n) is 17.9. The van der Waals surface area contributed by atoms with Crippen molar-refractivity contribution in [1.82, 2.24) is 5.01 Å². The van der Waals surface area contributed by atoms with E-state index in [9.17, 15) is 45.8 Å². The van der Waals surface area contributed by atoms with E-state index in [1.807, 2.05) is 0 Å². The second-order valence-electron chi connectivity index (χ2n) is 14.7. The fraction of sp³-hybridized carbons (Fsp3) is 0.268. The lowest BCUT2D eigenvalue weighted by Crippen LogP contribution is -2.53. The summed E-state index contributed by atoms with van der Waals surface area (Å²) >= 11 is 19.1. The van der Waals surface area contributed by atoms with Gasteiger partial charge in [0.25, 0.3) is 11.8 Å². The maximum atomic E-state index is 15.4. The number of amides is 4. The number of aromatic hydroxyl groups is 1. The second-order valence-corrected chi connectivity index (χ2v) is 16.0. The van der Waals surface area contributed by atoms with Crippen molar-refractivity contribution >= 4 is 69.8 Å². The Labute approximate surface area is 346 Å². The van der Waals surface area contributed by atoms with Crippen LogP contribution in [-0.4, -0.2) is 40.9 Å². The number of benzene rings is 4. The monoisotopic (exact) mass is 877 g/mol. The first-order valence-corrected chi connectivity index (χ1v) is 19.0. The molecule has 4 aromatic carbocycles. The number of anilines is 2. The lowest BCUT2D eigenvalue weighted by atomic mass is 9.49. The SMILES string of the molecule is COc1ccc(C23C(=O)N(Nc4ccc(Cl)cc4Cl)C(=O)C2CC2C(=CCC4C(=O)N(c5cc(C(F)(F)F)cc(C(F)(F)F)c5)C(=O)C42)C3c2cc(Cl)ccc2O)cc1. The van der Waals surface area contributed by atoms with E-state index in [1.54, 1.807) is 30.3 Å². The molecule has 2 aliphatic carbocycles. The number of alkyl halides is 6. The van der Waals surface area contributed by atoms with E-state index in [0.29, 0.717) is 28.4 Å². The van der Waals surface area contributed by atoms with Crippen LogP contribution < -0.4 is 15.1 Å². The molecule has 2 aliphatic heterocycles. The van der Waals surface area contributed by atoms with Crippen molar-refractivity contribution in [3.05, 3.63) is 128 Å². The normalized spacial score (nSPS) is 25.5. The number of phenolic OH excluding ortho intramolecular Hbond substituents is 1. The number of nitrogens with one attached hydrogen (secondary N) is 1. The van der Waals surface area contributed by atoms with Gasteiger partial charge in [0.1, 0.15) is 11.5 Å². The van der Waals surface area contributed by atoms with Gasteiger partial charge in [0.05, 0.1) is 57.8 Å². The van der Waals surface area contributed by atoms with Crippen molar-refractivity contribution < 1.29 is 55.4 Å². The van der Waals surface area contributed by atoms with Crippen LogP contribution in [0.1, 0.15) is 41.0 Å². The summed E-state index contributed by atoms with van der Waals surface area (Å²) in [6, 6.07) is 15.2. The Bertz CT molecular complexity index is 2460. The molecule has 0 spiro atoms. The molecule has 0 aromatic heterocycles. The van der Waals surface area contributed by atoms with Gasteiger partial charge in [0.2, 0.25) is 11.8 Å². The third-order valence-electron chi connectivity index (χ3n) is 11.7. The number of halogens is 9. The Kier molecular flexibility index (Phi) is 9.75. The Hall–Kier alpha value is -5.25. The summed E-state index contributed by atoms with van der Waals surface area (Å²) in [6.07, 6.45) is -9.47. The van der Waals surface area contributed by atoms with Crippen molar-refractivity contribution in [3.8, 4) is 11.5 Å². The van der Waals surface area contributed by atoms with Crippen LogP contribution in [0.2, 0.25) is 15.1 Å². The van der Waals surface area contributed by atoms with E-state index < -0.39 is 87.8 Å². The quantitative estimate of drug-likeness (QED) is 0.113.